The second-order valence-corrected chi connectivity index (χ2v) is 6.93. The van der Waals surface area contributed by atoms with Crippen LogP contribution in [-0.4, -0.2) is 62.8 Å². The molecule has 0 unspecified atom stereocenters. The van der Waals surface area contributed by atoms with E-state index in [-0.39, 0.29) is 18.4 Å². The first-order valence-electron chi connectivity index (χ1n) is 9.34. The molecule has 0 saturated heterocycles. The third kappa shape index (κ3) is 6.34. The van der Waals surface area contributed by atoms with E-state index in [1.807, 2.05) is 32.3 Å². The zero-order valence-electron chi connectivity index (χ0n) is 17.0. The maximum absolute atomic E-state index is 11.5. The van der Waals surface area contributed by atoms with Gasteiger partial charge in [0, 0.05) is 24.7 Å². The smallest absolute Gasteiger partial charge is 0.161 e. The Morgan fingerprint density at radius 2 is 1.82 bits per heavy atom. The number of aliphatic hydroxyl groups excluding tert-OH is 1. The highest BCUT2D eigenvalue weighted by Crippen LogP contribution is 2.28. The molecule has 0 aliphatic carbocycles. The fourth-order valence-electron chi connectivity index (χ4n) is 2.91. The van der Waals surface area contributed by atoms with Gasteiger partial charge in [-0.3, -0.25) is 4.79 Å². The molecule has 0 amide bonds. The van der Waals surface area contributed by atoms with Crippen molar-refractivity contribution in [3.05, 3.63) is 59.7 Å². The highest BCUT2D eigenvalue weighted by molar-refractivity contribution is 5.94. The van der Waals surface area contributed by atoms with Crippen LogP contribution >= 0.6 is 0 Å². The predicted molar refractivity (Wildman–Crippen MR) is 110 cm³/mol. The molecule has 0 spiro atoms. The zero-order chi connectivity index (χ0) is 20.5. The lowest BCUT2D eigenvalue weighted by Crippen LogP contribution is -2.37. The Kier molecular flexibility index (Phi) is 8.44. The van der Waals surface area contributed by atoms with E-state index in [4.69, 9.17) is 9.47 Å². The number of rotatable bonds is 11. The monoisotopic (exact) mass is 386 g/mol. The predicted octanol–water partition coefficient (Wildman–Crippen LogP) is 2.53. The van der Waals surface area contributed by atoms with Crippen LogP contribution in [0.25, 0.3) is 0 Å². The van der Waals surface area contributed by atoms with Crippen molar-refractivity contribution in [1.82, 2.24) is 10.2 Å². The average Bonchev–Trinajstić information content (AvgIpc) is 2.69. The summed E-state index contributed by atoms with van der Waals surface area (Å²) < 4.78 is 11.0. The highest BCUT2D eigenvalue weighted by Gasteiger charge is 2.15. The minimum absolute atomic E-state index is 0.0389. The molecule has 6 heteroatoms. The summed E-state index contributed by atoms with van der Waals surface area (Å²) in [5.74, 6) is 0.939. The van der Waals surface area contributed by atoms with Crippen molar-refractivity contribution in [3.63, 3.8) is 0 Å². The number of ketones is 1. The molecule has 6 nitrogen and oxygen atoms in total. The number of likely N-dealkylation sites (N-methyl/N-ethyl adjacent to an activating group) is 1. The van der Waals surface area contributed by atoms with E-state index in [2.05, 4.69) is 22.3 Å². The number of Topliss-reactive ketones (excluding diaryl/α,β-unsaturated/α-hetero) is 1. The number of hydrogen-bond acceptors (Lipinski definition) is 6. The molecule has 0 saturated carbocycles. The molecule has 2 atom stereocenters. The van der Waals surface area contributed by atoms with Gasteiger partial charge in [0.2, 0.25) is 0 Å². The molecule has 0 heterocycles. The van der Waals surface area contributed by atoms with Gasteiger partial charge in [-0.25, -0.2) is 0 Å². The Hall–Kier alpha value is -2.41. The van der Waals surface area contributed by atoms with Gasteiger partial charge in [0.05, 0.1) is 7.11 Å². The van der Waals surface area contributed by atoms with Crippen LogP contribution in [0.4, 0.5) is 0 Å². The van der Waals surface area contributed by atoms with E-state index in [9.17, 15) is 9.90 Å². The summed E-state index contributed by atoms with van der Waals surface area (Å²) in [6.45, 7) is 2.75. The minimum Gasteiger partial charge on any atom is -0.493 e. The number of carbonyl (C=O) groups excluding carboxylic acids is 1. The van der Waals surface area contributed by atoms with Crippen molar-refractivity contribution in [2.24, 2.45) is 0 Å². The number of aliphatic hydroxyl groups is 1. The largest absolute Gasteiger partial charge is 0.493 e. The van der Waals surface area contributed by atoms with Crippen LogP contribution in [0.15, 0.2) is 48.5 Å². The first-order chi connectivity index (χ1) is 13.4. The van der Waals surface area contributed by atoms with Crippen molar-refractivity contribution in [3.8, 4) is 11.5 Å². The van der Waals surface area contributed by atoms with Gasteiger partial charge < -0.3 is 24.8 Å². The molecule has 0 aliphatic heterocycles. The van der Waals surface area contributed by atoms with Crippen LogP contribution in [0.2, 0.25) is 0 Å². The number of carbonyl (C=O) groups is 1. The van der Waals surface area contributed by atoms with E-state index < -0.39 is 6.10 Å². The van der Waals surface area contributed by atoms with Crippen LogP contribution in [0, 0.1) is 0 Å². The van der Waals surface area contributed by atoms with E-state index in [1.54, 1.807) is 18.2 Å². The van der Waals surface area contributed by atoms with Crippen molar-refractivity contribution in [2.45, 2.75) is 19.1 Å². The quantitative estimate of drug-likeness (QED) is 0.579. The Labute approximate surface area is 167 Å². The van der Waals surface area contributed by atoms with Gasteiger partial charge in [-0.05, 0) is 44.8 Å². The van der Waals surface area contributed by atoms with Crippen LogP contribution < -0.4 is 14.8 Å². The lowest BCUT2D eigenvalue weighted by atomic mass is 10.1. The van der Waals surface area contributed by atoms with E-state index in [0.717, 1.165) is 0 Å². The van der Waals surface area contributed by atoms with Gasteiger partial charge in [0.25, 0.3) is 0 Å². The molecule has 0 fully saturated rings. The average molecular weight is 386 g/mol. The lowest BCUT2D eigenvalue weighted by Gasteiger charge is -2.25. The van der Waals surface area contributed by atoms with Gasteiger partial charge in [-0.2, -0.15) is 0 Å². The highest BCUT2D eigenvalue weighted by atomic mass is 16.5. The number of nitrogens with one attached hydrogen (secondary N) is 1. The standard InChI is InChI=1S/C22H30N2O4/c1-16(25)18-10-11-21(22(12-18)27-4)28-15-19(26)13-23-14-20(24(2)3)17-8-6-5-7-9-17/h5-12,19-20,23,26H,13-15H2,1-4H3/t19-,20-/m1/s1. The molecule has 2 aromatic carbocycles. The van der Waals surface area contributed by atoms with Gasteiger partial charge in [-0.15, -0.1) is 0 Å². The fraction of sp³-hybridized carbons (Fsp3) is 0.409. The van der Waals surface area contributed by atoms with Gasteiger partial charge in [0.15, 0.2) is 17.3 Å². The summed E-state index contributed by atoms with van der Waals surface area (Å²) in [6.07, 6.45) is -0.671. The van der Waals surface area contributed by atoms with Crippen molar-refractivity contribution in [2.75, 3.05) is 40.9 Å². The lowest BCUT2D eigenvalue weighted by molar-refractivity contribution is 0.100. The normalized spacial score (nSPS) is 13.2. The summed E-state index contributed by atoms with van der Waals surface area (Å²) in [7, 11) is 5.60. The molecular weight excluding hydrogens is 356 g/mol. The molecule has 2 N–H and O–H groups in total. The third-order valence-electron chi connectivity index (χ3n) is 4.53. The molecule has 0 radical (unpaired) electrons. The molecule has 2 rings (SSSR count). The second-order valence-electron chi connectivity index (χ2n) is 6.93. The molecule has 2 aromatic rings. The Bertz CT molecular complexity index is 749. The summed E-state index contributed by atoms with van der Waals surface area (Å²) in [6, 6.07) is 15.5. The molecule has 28 heavy (non-hydrogen) atoms. The van der Waals surface area contributed by atoms with Crippen LogP contribution in [0.1, 0.15) is 28.9 Å². The Morgan fingerprint density at radius 3 is 2.43 bits per heavy atom. The zero-order valence-corrected chi connectivity index (χ0v) is 17.0. The summed E-state index contributed by atoms with van der Waals surface area (Å²) >= 11 is 0. The third-order valence-corrected chi connectivity index (χ3v) is 4.53. The van der Waals surface area contributed by atoms with Crippen LogP contribution in [0.5, 0.6) is 11.5 Å². The number of nitrogens with zero attached hydrogens (tertiary/aromatic N) is 1. The number of ether oxygens (including phenoxy) is 2. The Balaban J connectivity index is 1.84. The van der Waals surface area contributed by atoms with Gasteiger partial charge in [-0.1, -0.05) is 30.3 Å². The van der Waals surface area contributed by atoms with Crippen molar-refractivity contribution >= 4 is 5.78 Å². The molecule has 152 valence electrons. The second kappa shape index (κ2) is 10.8. The number of hydrogen-bond donors (Lipinski definition) is 2. The summed E-state index contributed by atoms with van der Waals surface area (Å²) in [5, 5.41) is 13.5. The van der Waals surface area contributed by atoms with Crippen molar-refractivity contribution < 1.29 is 19.4 Å². The molecular formula is C22H30N2O4. The van der Waals surface area contributed by atoms with E-state index in [1.165, 1.54) is 19.6 Å². The van der Waals surface area contributed by atoms with E-state index in [0.29, 0.717) is 30.2 Å². The maximum atomic E-state index is 11.5. The SMILES string of the molecule is COc1cc(C(C)=O)ccc1OC[C@H](O)CNC[C@H](c1ccccc1)N(C)C. The molecule has 0 aliphatic rings. The fourth-order valence-corrected chi connectivity index (χ4v) is 2.91. The minimum atomic E-state index is -0.671. The first kappa shape index (κ1) is 21.9. The maximum Gasteiger partial charge on any atom is 0.161 e. The number of methoxy groups -OCH3 is 1. The molecule has 0 aromatic heterocycles. The van der Waals surface area contributed by atoms with Gasteiger partial charge in [0.1, 0.15) is 12.7 Å². The topological polar surface area (TPSA) is 71.0 Å². The summed E-state index contributed by atoms with van der Waals surface area (Å²) in [5.41, 5.74) is 1.78. The first-order valence-corrected chi connectivity index (χ1v) is 9.34. The van der Waals surface area contributed by atoms with Crippen molar-refractivity contribution in [1.29, 1.82) is 0 Å². The van der Waals surface area contributed by atoms with E-state index >= 15 is 0 Å². The van der Waals surface area contributed by atoms with Gasteiger partial charge >= 0.3 is 0 Å². The summed E-state index contributed by atoms with van der Waals surface area (Å²) in [4.78, 5) is 13.6. The molecule has 0 bridgehead atoms. The van der Waals surface area contributed by atoms with Crippen LogP contribution in [-0.2, 0) is 0 Å². The number of benzene rings is 2. The Morgan fingerprint density at radius 1 is 1.11 bits per heavy atom. The van der Waals surface area contributed by atoms with Crippen LogP contribution in [0.3, 0.4) is 0 Å².